The number of rotatable bonds is 5. The van der Waals surface area contributed by atoms with E-state index in [2.05, 4.69) is 4.98 Å². The maximum Gasteiger partial charge on any atom is 0.281 e. The lowest BCUT2D eigenvalue weighted by Crippen LogP contribution is -2.49. The molecule has 24 heavy (non-hydrogen) atoms. The van der Waals surface area contributed by atoms with Crippen LogP contribution in [0.15, 0.2) is 24.4 Å². The summed E-state index contributed by atoms with van der Waals surface area (Å²) in [5.74, 6) is 0. The van der Waals surface area contributed by atoms with Gasteiger partial charge >= 0.3 is 0 Å². The molecule has 8 heteroatoms. The van der Waals surface area contributed by atoms with Gasteiger partial charge in [-0.1, -0.05) is 6.07 Å². The Morgan fingerprint density at radius 1 is 1.38 bits per heavy atom. The Balaban J connectivity index is 1.51. The maximum atomic E-state index is 12.2. The summed E-state index contributed by atoms with van der Waals surface area (Å²) >= 11 is 0. The zero-order valence-electron chi connectivity index (χ0n) is 14.2. The summed E-state index contributed by atoms with van der Waals surface area (Å²) < 4.78 is 39.1. The fourth-order valence-electron chi connectivity index (χ4n) is 3.30. The highest BCUT2D eigenvalue weighted by Gasteiger charge is 2.45. The highest BCUT2D eigenvalue weighted by atomic mass is 32.2. The number of hydrogen-bond acceptors (Lipinski definition) is 5. The molecular weight excluding hydrogens is 330 g/mol. The molecule has 2 aliphatic rings. The van der Waals surface area contributed by atoms with Gasteiger partial charge in [-0.2, -0.15) is 17.0 Å². The fourth-order valence-corrected chi connectivity index (χ4v) is 4.41. The van der Waals surface area contributed by atoms with E-state index in [1.54, 1.807) is 20.3 Å². The largest absolute Gasteiger partial charge is 0.372 e. The van der Waals surface area contributed by atoms with Crippen molar-refractivity contribution in [2.75, 3.05) is 33.8 Å². The maximum absolute atomic E-state index is 12.2. The van der Waals surface area contributed by atoms with E-state index in [1.807, 2.05) is 18.2 Å². The average Bonchev–Trinajstić information content (AvgIpc) is 2.97. The molecule has 3 heterocycles. The van der Waals surface area contributed by atoms with E-state index < -0.39 is 10.2 Å². The van der Waals surface area contributed by atoms with Crippen LogP contribution >= 0.6 is 0 Å². The van der Waals surface area contributed by atoms with Crippen LogP contribution in [0.5, 0.6) is 0 Å². The zero-order chi connectivity index (χ0) is 17.2. The average molecular weight is 355 g/mol. The first kappa shape index (κ1) is 17.8. The van der Waals surface area contributed by atoms with Crippen LogP contribution in [0.2, 0.25) is 0 Å². The van der Waals surface area contributed by atoms with Crippen LogP contribution in [0.1, 0.15) is 25.0 Å². The summed E-state index contributed by atoms with van der Waals surface area (Å²) in [7, 11) is -0.209. The van der Waals surface area contributed by atoms with Gasteiger partial charge in [-0.25, -0.2) is 0 Å². The highest BCUT2D eigenvalue weighted by molar-refractivity contribution is 7.86. The van der Waals surface area contributed by atoms with Gasteiger partial charge in [0, 0.05) is 39.8 Å². The smallest absolute Gasteiger partial charge is 0.281 e. The Morgan fingerprint density at radius 2 is 2.12 bits per heavy atom. The van der Waals surface area contributed by atoms with Crippen molar-refractivity contribution < 1.29 is 17.9 Å². The molecule has 0 saturated carbocycles. The van der Waals surface area contributed by atoms with Gasteiger partial charge in [0.25, 0.3) is 10.2 Å². The van der Waals surface area contributed by atoms with Crippen LogP contribution < -0.4 is 0 Å². The summed E-state index contributed by atoms with van der Waals surface area (Å²) in [6, 6.07) is 5.77. The SMILES string of the molecule is CN(C)S(=O)(=O)N1CCC2(CC1)CC(OCc1ccccn1)CO2. The van der Waals surface area contributed by atoms with E-state index in [0.717, 1.165) is 12.1 Å². The molecule has 0 aliphatic carbocycles. The first-order valence-electron chi connectivity index (χ1n) is 8.24. The summed E-state index contributed by atoms with van der Waals surface area (Å²) in [6.07, 6.45) is 4.04. The van der Waals surface area contributed by atoms with Crippen molar-refractivity contribution in [3.63, 3.8) is 0 Å². The molecule has 134 valence electrons. The number of aromatic nitrogens is 1. The monoisotopic (exact) mass is 355 g/mol. The third-order valence-corrected chi connectivity index (χ3v) is 6.73. The summed E-state index contributed by atoms with van der Waals surface area (Å²) in [6.45, 7) is 2.03. The van der Waals surface area contributed by atoms with Crippen molar-refractivity contribution in [1.29, 1.82) is 0 Å². The van der Waals surface area contributed by atoms with Gasteiger partial charge in [-0.05, 0) is 25.0 Å². The molecule has 2 aliphatic heterocycles. The van der Waals surface area contributed by atoms with Crippen LogP contribution in [-0.2, 0) is 26.3 Å². The standard InChI is InChI=1S/C16H25N3O4S/c1-18(2)24(20,21)19-9-6-16(7-10-19)11-15(13-23-16)22-12-14-5-3-4-8-17-14/h3-5,8,15H,6-7,9-13H2,1-2H3. The third kappa shape index (κ3) is 3.78. The highest BCUT2D eigenvalue weighted by Crippen LogP contribution is 2.37. The third-order valence-electron chi connectivity index (χ3n) is 4.79. The summed E-state index contributed by atoms with van der Waals surface area (Å²) in [4.78, 5) is 4.25. The van der Waals surface area contributed by atoms with Crippen molar-refractivity contribution in [3.05, 3.63) is 30.1 Å². The van der Waals surface area contributed by atoms with Gasteiger partial charge in [0.05, 0.1) is 30.6 Å². The van der Waals surface area contributed by atoms with Crippen molar-refractivity contribution in [3.8, 4) is 0 Å². The minimum atomic E-state index is -3.33. The number of ether oxygens (including phenoxy) is 2. The lowest BCUT2D eigenvalue weighted by atomic mass is 9.89. The van der Waals surface area contributed by atoms with Crippen LogP contribution in [0.3, 0.4) is 0 Å². The second-order valence-electron chi connectivity index (χ2n) is 6.64. The lowest BCUT2D eigenvalue weighted by Gasteiger charge is -2.38. The van der Waals surface area contributed by atoms with E-state index >= 15 is 0 Å². The molecule has 1 aromatic heterocycles. The van der Waals surface area contributed by atoms with Crippen LogP contribution in [-0.4, -0.2) is 67.5 Å². The van der Waals surface area contributed by atoms with Gasteiger partial charge in [-0.3, -0.25) is 4.98 Å². The Bertz CT molecular complexity index is 643. The predicted octanol–water partition coefficient (Wildman–Crippen LogP) is 1.03. The molecule has 1 aromatic rings. The Labute approximate surface area is 143 Å². The van der Waals surface area contributed by atoms with E-state index in [-0.39, 0.29) is 11.7 Å². The van der Waals surface area contributed by atoms with Crippen LogP contribution in [0, 0.1) is 0 Å². The van der Waals surface area contributed by atoms with E-state index in [9.17, 15) is 8.42 Å². The first-order chi connectivity index (χ1) is 11.4. The second-order valence-corrected chi connectivity index (χ2v) is 8.78. The van der Waals surface area contributed by atoms with Gasteiger partial charge < -0.3 is 9.47 Å². The predicted molar refractivity (Wildman–Crippen MR) is 89.5 cm³/mol. The second kappa shape index (κ2) is 7.05. The fraction of sp³-hybridized carbons (Fsp3) is 0.688. The molecule has 1 unspecified atom stereocenters. The van der Waals surface area contributed by atoms with E-state index in [0.29, 0.717) is 39.1 Å². The van der Waals surface area contributed by atoms with Crippen molar-refractivity contribution in [1.82, 2.24) is 13.6 Å². The van der Waals surface area contributed by atoms with Crippen molar-refractivity contribution >= 4 is 10.2 Å². The molecule has 0 bridgehead atoms. The Hall–Kier alpha value is -1.06. The van der Waals surface area contributed by atoms with E-state index in [4.69, 9.17) is 9.47 Å². The molecule has 2 fully saturated rings. The van der Waals surface area contributed by atoms with Crippen molar-refractivity contribution in [2.45, 2.75) is 37.6 Å². The molecule has 2 saturated heterocycles. The van der Waals surface area contributed by atoms with Gasteiger partial charge in [0.15, 0.2) is 0 Å². The van der Waals surface area contributed by atoms with Crippen LogP contribution in [0.25, 0.3) is 0 Å². The molecule has 7 nitrogen and oxygen atoms in total. The molecule has 0 amide bonds. The zero-order valence-corrected chi connectivity index (χ0v) is 15.0. The lowest BCUT2D eigenvalue weighted by molar-refractivity contribution is -0.0348. The van der Waals surface area contributed by atoms with Gasteiger partial charge in [0.2, 0.25) is 0 Å². The Kier molecular flexibility index (Phi) is 5.22. The minimum Gasteiger partial charge on any atom is -0.372 e. The topological polar surface area (TPSA) is 72.0 Å². The summed E-state index contributed by atoms with van der Waals surface area (Å²) in [5, 5.41) is 0. The number of piperidine rings is 1. The number of pyridine rings is 1. The molecule has 0 aromatic carbocycles. The normalized spacial score (nSPS) is 24.7. The minimum absolute atomic E-state index is 0.0454. The number of nitrogens with zero attached hydrogens (tertiary/aromatic N) is 3. The first-order valence-corrected chi connectivity index (χ1v) is 9.64. The van der Waals surface area contributed by atoms with Gasteiger partial charge in [0.1, 0.15) is 0 Å². The van der Waals surface area contributed by atoms with E-state index in [1.165, 1.54) is 8.61 Å². The molecule has 1 spiro atoms. The van der Waals surface area contributed by atoms with Crippen LogP contribution in [0.4, 0.5) is 0 Å². The Morgan fingerprint density at radius 3 is 2.75 bits per heavy atom. The molecule has 0 radical (unpaired) electrons. The molecule has 0 N–H and O–H groups in total. The van der Waals surface area contributed by atoms with Gasteiger partial charge in [-0.15, -0.1) is 0 Å². The number of hydrogen-bond donors (Lipinski definition) is 0. The molecule has 1 atom stereocenters. The molecule has 3 rings (SSSR count). The van der Waals surface area contributed by atoms with Crippen molar-refractivity contribution in [2.24, 2.45) is 0 Å². The molecular formula is C16H25N3O4S. The quantitative estimate of drug-likeness (QED) is 0.789. The summed E-state index contributed by atoms with van der Waals surface area (Å²) in [5.41, 5.74) is 0.665.